The first-order chi connectivity index (χ1) is 8.65. The van der Waals surface area contributed by atoms with Crippen LogP contribution in [0.1, 0.15) is 19.2 Å². The molecule has 2 rings (SSSR count). The molecular weight excluding hydrogens is 256 g/mol. The zero-order valence-corrected chi connectivity index (χ0v) is 10.5. The van der Waals surface area contributed by atoms with Gasteiger partial charge in [0.25, 0.3) is 5.89 Å². The summed E-state index contributed by atoms with van der Waals surface area (Å²) in [5.74, 6) is 1.10. The number of carboxylic acids is 1. The summed E-state index contributed by atoms with van der Waals surface area (Å²) < 4.78 is 10.2. The van der Waals surface area contributed by atoms with Crippen molar-refractivity contribution in [1.29, 1.82) is 0 Å². The summed E-state index contributed by atoms with van der Waals surface area (Å²) in [6.07, 6.45) is 1.65. The highest BCUT2D eigenvalue weighted by atomic mass is 32.2. The largest absolute Gasteiger partial charge is 0.481 e. The molecule has 0 aliphatic carbocycles. The van der Waals surface area contributed by atoms with Crippen molar-refractivity contribution < 1.29 is 18.8 Å². The molecule has 0 aromatic carbocycles. The molecule has 1 unspecified atom stereocenters. The van der Waals surface area contributed by atoms with E-state index in [1.165, 1.54) is 18.0 Å². The van der Waals surface area contributed by atoms with Gasteiger partial charge in [0.1, 0.15) is 0 Å². The van der Waals surface area contributed by atoms with Crippen LogP contribution >= 0.6 is 11.8 Å². The number of aliphatic carboxylic acids is 1. The first kappa shape index (κ1) is 12.7. The van der Waals surface area contributed by atoms with Crippen molar-refractivity contribution in [1.82, 2.24) is 10.1 Å². The summed E-state index contributed by atoms with van der Waals surface area (Å²) in [5.41, 5.74) is 0. The minimum atomic E-state index is -0.806. The molecular formula is C11H12N2O4S. The van der Waals surface area contributed by atoms with E-state index in [1.807, 2.05) is 6.92 Å². The maximum absolute atomic E-state index is 10.5. The van der Waals surface area contributed by atoms with Gasteiger partial charge in [0, 0.05) is 5.25 Å². The Morgan fingerprint density at radius 2 is 2.44 bits per heavy atom. The zero-order valence-electron chi connectivity index (χ0n) is 9.70. The number of thioether (sulfide) groups is 1. The molecule has 6 nitrogen and oxygen atoms in total. The Kier molecular flexibility index (Phi) is 4.03. The molecule has 0 saturated heterocycles. The quantitative estimate of drug-likeness (QED) is 0.860. The number of carboxylic acid groups (broad SMARTS) is 1. The average Bonchev–Trinajstić information content (AvgIpc) is 2.96. The minimum Gasteiger partial charge on any atom is -0.481 e. The van der Waals surface area contributed by atoms with Crippen LogP contribution in [-0.4, -0.2) is 26.5 Å². The lowest BCUT2D eigenvalue weighted by Gasteiger charge is -2.05. The van der Waals surface area contributed by atoms with Crippen LogP contribution in [0.15, 0.2) is 27.3 Å². The molecule has 2 heterocycles. The minimum absolute atomic E-state index is 0.00747. The maximum Gasteiger partial charge on any atom is 0.304 e. The second-order valence-electron chi connectivity index (χ2n) is 3.71. The normalized spacial score (nSPS) is 12.5. The summed E-state index contributed by atoms with van der Waals surface area (Å²) >= 11 is 1.47. The fourth-order valence-electron chi connectivity index (χ4n) is 1.33. The maximum atomic E-state index is 10.5. The fraction of sp³-hybridized carbons (Fsp3) is 0.364. The van der Waals surface area contributed by atoms with Crippen LogP contribution < -0.4 is 0 Å². The Bertz CT molecular complexity index is 509. The zero-order chi connectivity index (χ0) is 13.0. The number of carbonyl (C=O) groups is 1. The van der Waals surface area contributed by atoms with Crippen LogP contribution in [0.25, 0.3) is 11.7 Å². The van der Waals surface area contributed by atoms with Gasteiger partial charge in [0.05, 0.1) is 18.4 Å². The molecule has 0 amide bonds. The van der Waals surface area contributed by atoms with Crippen LogP contribution in [0.3, 0.4) is 0 Å². The number of aromatic nitrogens is 2. The van der Waals surface area contributed by atoms with E-state index in [0.717, 1.165) is 0 Å². The Labute approximate surface area is 107 Å². The highest BCUT2D eigenvalue weighted by molar-refractivity contribution is 7.99. The van der Waals surface area contributed by atoms with Crippen molar-refractivity contribution in [3.05, 3.63) is 24.2 Å². The van der Waals surface area contributed by atoms with Crippen molar-refractivity contribution in [2.75, 3.05) is 0 Å². The van der Waals surface area contributed by atoms with Gasteiger partial charge in [-0.3, -0.25) is 4.79 Å². The second kappa shape index (κ2) is 5.72. The van der Waals surface area contributed by atoms with Crippen molar-refractivity contribution in [3.8, 4) is 11.7 Å². The molecule has 2 aromatic heterocycles. The molecule has 1 atom stereocenters. The van der Waals surface area contributed by atoms with E-state index in [0.29, 0.717) is 23.2 Å². The number of rotatable bonds is 6. The van der Waals surface area contributed by atoms with Gasteiger partial charge in [0.15, 0.2) is 11.6 Å². The predicted molar refractivity (Wildman–Crippen MR) is 65.0 cm³/mol. The summed E-state index contributed by atoms with van der Waals surface area (Å²) in [4.78, 5) is 14.7. The lowest BCUT2D eigenvalue weighted by molar-refractivity contribution is -0.136. The SMILES string of the molecule is CC(CC(=O)O)SCc1noc(-c2ccco2)n1. The smallest absolute Gasteiger partial charge is 0.304 e. The van der Waals surface area contributed by atoms with Gasteiger partial charge >= 0.3 is 5.97 Å². The summed E-state index contributed by atoms with van der Waals surface area (Å²) in [6, 6.07) is 3.47. The molecule has 0 bridgehead atoms. The van der Waals surface area contributed by atoms with E-state index in [-0.39, 0.29) is 11.7 Å². The number of hydrogen-bond donors (Lipinski definition) is 1. The van der Waals surface area contributed by atoms with E-state index in [9.17, 15) is 4.79 Å². The molecule has 7 heteroatoms. The molecule has 18 heavy (non-hydrogen) atoms. The Balaban J connectivity index is 1.89. The second-order valence-corrected chi connectivity index (χ2v) is 5.14. The lowest BCUT2D eigenvalue weighted by Crippen LogP contribution is -2.06. The topological polar surface area (TPSA) is 89.4 Å². The van der Waals surface area contributed by atoms with Crippen LogP contribution in [0.5, 0.6) is 0 Å². The average molecular weight is 268 g/mol. The van der Waals surface area contributed by atoms with Gasteiger partial charge in [-0.15, -0.1) is 11.8 Å². The monoisotopic (exact) mass is 268 g/mol. The standard InChI is InChI=1S/C11H12N2O4S/c1-7(5-10(14)15)18-6-9-12-11(17-13-9)8-3-2-4-16-8/h2-4,7H,5-6H2,1H3,(H,14,15). The molecule has 2 aromatic rings. The first-order valence-electron chi connectivity index (χ1n) is 5.35. The van der Waals surface area contributed by atoms with E-state index in [1.54, 1.807) is 12.1 Å². The van der Waals surface area contributed by atoms with Crippen LogP contribution in [0.4, 0.5) is 0 Å². The number of furan rings is 1. The van der Waals surface area contributed by atoms with E-state index >= 15 is 0 Å². The fourth-order valence-corrected chi connectivity index (χ4v) is 2.15. The number of nitrogens with zero attached hydrogens (tertiary/aromatic N) is 2. The molecule has 0 aliphatic heterocycles. The highest BCUT2D eigenvalue weighted by Gasteiger charge is 2.13. The van der Waals surface area contributed by atoms with Gasteiger partial charge in [-0.25, -0.2) is 0 Å². The third kappa shape index (κ3) is 3.36. The van der Waals surface area contributed by atoms with Crippen molar-refractivity contribution in [3.63, 3.8) is 0 Å². The Morgan fingerprint density at radius 3 is 3.11 bits per heavy atom. The van der Waals surface area contributed by atoms with Gasteiger partial charge in [-0.05, 0) is 12.1 Å². The van der Waals surface area contributed by atoms with Crippen LogP contribution in [0.2, 0.25) is 0 Å². The molecule has 0 fully saturated rings. The molecule has 0 aliphatic rings. The van der Waals surface area contributed by atoms with E-state index < -0.39 is 5.97 Å². The Hall–Kier alpha value is -1.76. The summed E-state index contributed by atoms with van der Waals surface area (Å²) in [6.45, 7) is 1.85. The van der Waals surface area contributed by atoms with Crippen molar-refractivity contribution in [2.24, 2.45) is 0 Å². The first-order valence-corrected chi connectivity index (χ1v) is 6.40. The summed E-state index contributed by atoms with van der Waals surface area (Å²) in [5, 5.41) is 12.5. The van der Waals surface area contributed by atoms with Crippen LogP contribution in [-0.2, 0) is 10.5 Å². The molecule has 0 radical (unpaired) electrons. The molecule has 0 saturated carbocycles. The summed E-state index contributed by atoms with van der Waals surface area (Å²) in [7, 11) is 0. The Morgan fingerprint density at radius 1 is 1.61 bits per heavy atom. The third-order valence-corrected chi connectivity index (χ3v) is 3.32. The van der Waals surface area contributed by atoms with Gasteiger partial charge < -0.3 is 14.0 Å². The van der Waals surface area contributed by atoms with Crippen molar-refractivity contribution >= 4 is 17.7 Å². The molecule has 1 N–H and O–H groups in total. The molecule has 0 spiro atoms. The van der Waals surface area contributed by atoms with E-state index in [2.05, 4.69) is 10.1 Å². The van der Waals surface area contributed by atoms with E-state index in [4.69, 9.17) is 14.0 Å². The van der Waals surface area contributed by atoms with Gasteiger partial charge in [-0.2, -0.15) is 4.98 Å². The van der Waals surface area contributed by atoms with Crippen LogP contribution in [0, 0.1) is 0 Å². The molecule has 96 valence electrons. The number of hydrogen-bond acceptors (Lipinski definition) is 6. The van der Waals surface area contributed by atoms with Gasteiger partial charge in [-0.1, -0.05) is 12.1 Å². The third-order valence-electron chi connectivity index (χ3n) is 2.16. The lowest BCUT2D eigenvalue weighted by atomic mass is 10.3. The highest BCUT2D eigenvalue weighted by Crippen LogP contribution is 2.21. The predicted octanol–water partition coefficient (Wildman–Crippen LogP) is 2.43. The van der Waals surface area contributed by atoms with Gasteiger partial charge in [0.2, 0.25) is 0 Å². The van der Waals surface area contributed by atoms with Crippen molar-refractivity contribution in [2.45, 2.75) is 24.3 Å².